The van der Waals surface area contributed by atoms with E-state index in [0.29, 0.717) is 12.8 Å². The summed E-state index contributed by atoms with van der Waals surface area (Å²) in [6, 6.07) is 6.48. The molecule has 2 rings (SSSR count). The minimum atomic E-state index is -4.69. The van der Waals surface area contributed by atoms with E-state index in [2.05, 4.69) is 0 Å². The number of phenolic OH excluding ortho intramolecular Hbond substituents is 1. The van der Waals surface area contributed by atoms with Crippen LogP contribution in [0.3, 0.4) is 0 Å². The van der Waals surface area contributed by atoms with Crippen molar-refractivity contribution in [2.24, 2.45) is 0 Å². The molecular weight excluding hydrogens is 349 g/mol. The quantitative estimate of drug-likeness (QED) is 0.306. The highest BCUT2D eigenvalue weighted by molar-refractivity contribution is 7.49. The second-order valence-electron chi connectivity index (χ2n) is 5.86. The highest BCUT2D eigenvalue weighted by Gasteiger charge is 2.33. The fraction of sp³-hybridized carbons (Fsp3) is 0.312. The van der Waals surface area contributed by atoms with Crippen LogP contribution in [0.15, 0.2) is 47.7 Å². The molecule has 0 bridgehead atoms. The van der Waals surface area contributed by atoms with Crippen molar-refractivity contribution >= 4 is 13.5 Å². The van der Waals surface area contributed by atoms with Crippen LogP contribution in [0.4, 0.5) is 0 Å². The lowest BCUT2D eigenvalue weighted by Gasteiger charge is -2.28. The second kappa shape index (κ2) is 7.51. The molecule has 0 radical (unpaired) electrons. The molecule has 0 spiro atoms. The van der Waals surface area contributed by atoms with Crippen LogP contribution in [-0.4, -0.2) is 36.7 Å². The Morgan fingerprint density at radius 2 is 1.76 bits per heavy atom. The van der Waals surface area contributed by atoms with E-state index in [1.807, 2.05) is 5.09 Å². The highest BCUT2D eigenvalue weighted by atomic mass is 31.2. The zero-order chi connectivity index (χ0) is 18.7. The minimum absolute atomic E-state index is 0.103. The van der Waals surface area contributed by atoms with E-state index in [0.717, 1.165) is 17.7 Å². The van der Waals surface area contributed by atoms with Gasteiger partial charge in [0.05, 0.1) is 6.42 Å². The van der Waals surface area contributed by atoms with Crippen molar-refractivity contribution in [3.8, 4) is 5.75 Å². The van der Waals surface area contributed by atoms with Crippen LogP contribution in [0.5, 0.6) is 5.75 Å². The Hall–Kier alpha value is -1.96. The summed E-state index contributed by atoms with van der Waals surface area (Å²) in [7, 11) is -4.69. The van der Waals surface area contributed by atoms with Crippen molar-refractivity contribution < 1.29 is 34.5 Å². The lowest BCUT2D eigenvalue weighted by atomic mass is 9.92. The lowest BCUT2D eigenvalue weighted by molar-refractivity contribution is -0.132. The first-order valence-corrected chi connectivity index (χ1v) is 9.19. The van der Waals surface area contributed by atoms with Gasteiger partial charge in [0.15, 0.2) is 11.6 Å². The van der Waals surface area contributed by atoms with E-state index in [9.17, 15) is 24.7 Å². The van der Waals surface area contributed by atoms with Crippen molar-refractivity contribution in [2.75, 3.05) is 0 Å². The zero-order valence-corrected chi connectivity index (χ0v) is 14.2. The van der Waals surface area contributed by atoms with Gasteiger partial charge in [-0.1, -0.05) is 12.1 Å². The molecule has 1 aromatic carbocycles. The predicted molar refractivity (Wildman–Crippen MR) is 89.2 cm³/mol. The molecular formula is C16H20NO7P. The van der Waals surface area contributed by atoms with Crippen molar-refractivity contribution in [3.05, 3.63) is 53.3 Å². The summed E-state index contributed by atoms with van der Waals surface area (Å²) >= 11 is 0. The maximum atomic E-state index is 11.5. The highest BCUT2D eigenvalue weighted by Crippen LogP contribution is 2.36. The summed E-state index contributed by atoms with van der Waals surface area (Å²) in [6.07, 6.45) is 2.73. The van der Waals surface area contributed by atoms with Gasteiger partial charge in [-0.3, -0.25) is 9.88 Å². The van der Waals surface area contributed by atoms with Gasteiger partial charge in [0, 0.05) is 17.7 Å². The molecule has 1 aliphatic carbocycles. The largest absolute Gasteiger partial charge is 0.508 e. The molecule has 0 heterocycles. The number of benzene rings is 1. The van der Waals surface area contributed by atoms with Gasteiger partial charge in [0.2, 0.25) is 0 Å². The predicted octanol–water partition coefficient (Wildman–Crippen LogP) is 0.861. The number of ketones is 1. The standard InChI is InChI=1S/C16H20NO7P/c18-12-5-3-11(4-6-12)2-1-9-16(20,21)14-8-7-13(19)10-15(14)17-25(22,23)24/h3-8,18,20-21H,1-2,9-10H2,(H3,17,22,23,24). The molecule has 0 atom stereocenters. The molecule has 8 nitrogen and oxygen atoms in total. The van der Waals surface area contributed by atoms with Crippen LogP contribution in [0.2, 0.25) is 0 Å². The van der Waals surface area contributed by atoms with E-state index >= 15 is 0 Å². The van der Waals surface area contributed by atoms with E-state index in [1.165, 1.54) is 12.1 Å². The average Bonchev–Trinajstić information content (AvgIpc) is 2.47. The van der Waals surface area contributed by atoms with Crippen LogP contribution in [0.25, 0.3) is 0 Å². The molecule has 136 valence electrons. The summed E-state index contributed by atoms with van der Waals surface area (Å²) in [5.41, 5.74) is 0.558. The number of aromatic hydroxyl groups is 1. The summed E-state index contributed by atoms with van der Waals surface area (Å²) in [5, 5.41) is 31.8. The number of aliphatic hydroxyl groups is 2. The number of carbonyl (C=O) groups excluding carboxylic acids is 1. The first kappa shape index (κ1) is 19.4. The topological polar surface area (TPSA) is 147 Å². The number of nitrogens with one attached hydrogen (secondary N) is 1. The molecule has 0 aliphatic heterocycles. The number of rotatable bonds is 7. The van der Waals surface area contributed by atoms with Gasteiger partial charge in [-0.15, -0.1) is 0 Å². The smallest absolute Gasteiger partial charge is 0.427 e. The van der Waals surface area contributed by atoms with Gasteiger partial charge in [-0.25, -0.2) is 4.57 Å². The number of hydrogen-bond donors (Lipinski definition) is 6. The van der Waals surface area contributed by atoms with Gasteiger partial charge in [0.25, 0.3) is 0 Å². The number of phenols is 1. The Balaban J connectivity index is 2.10. The lowest BCUT2D eigenvalue weighted by Crippen LogP contribution is -2.34. The van der Waals surface area contributed by atoms with Crippen LogP contribution < -0.4 is 5.09 Å². The second-order valence-corrected chi connectivity index (χ2v) is 7.17. The van der Waals surface area contributed by atoms with E-state index < -0.39 is 19.3 Å². The molecule has 1 aliphatic rings. The Kier molecular flexibility index (Phi) is 5.82. The van der Waals surface area contributed by atoms with E-state index in [1.54, 1.807) is 12.1 Å². The summed E-state index contributed by atoms with van der Waals surface area (Å²) in [5.74, 6) is -2.61. The third-order valence-corrected chi connectivity index (χ3v) is 4.31. The Labute approximate surface area is 144 Å². The SMILES string of the molecule is O=C1C=CC(C(O)(O)CCCc2ccc(O)cc2)=C(NP(=O)(O)O)C1. The fourth-order valence-electron chi connectivity index (χ4n) is 2.59. The molecule has 6 N–H and O–H groups in total. The molecule has 1 aromatic rings. The summed E-state index contributed by atoms with van der Waals surface area (Å²) in [6.45, 7) is 0. The molecule has 0 amide bonds. The Morgan fingerprint density at radius 3 is 2.36 bits per heavy atom. The van der Waals surface area contributed by atoms with Crippen molar-refractivity contribution in [1.82, 2.24) is 5.09 Å². The van der Waals surface area contributed by atoms with Gasteiger partial charge in [-0.2, -0.15) is 0 Å². The molecule has 0 saturated heterocycles. The third kappa shape index (κ3) is 5.81. The van der Waals surface area contributed by atoms with Crippen LogP contribution in [-0.2, 0) is 15.8 Å². The Morgan fingerprint density at radius 1 is 1.12 bits per heavy atom. The molecule has 25 heavy (non-hydrogen) atoms. The average molecular weight is 369 g/mol. The van der Waals surface area contributed by atoms with Gasteiger partial charge < -0.3 is 25.1 Å². The molecule has 0 unspecified atom stereocenters. The van der Waals surface area contributed by atoms with Crippen LogP contribution >= 0.6 is 7.75 Å². The van der Waals surface area contributed by atoms with Crippen molar-refractivity contribution in [1.29, 1.82) is 0 Å². The molecule has 9 heteroatoms. The monoisotopic (exact) mass is 369 g/mol. The van der Waals surface area contributed by atoms with E-state index in [-0.39, 0.29) is 29.9 Å². The normalized spacial score (nSPS) is 15.6. The van der Waals surface area contributed by atoms with Crippen LogP contribution in [0.1, 0.15) is 24.8 Å². The van der Waals surface area contributed by atoms with E-state index in [4.69, 9.17) is 9.79 Å². The maximum absolute atomic E-state index is 11.5. The first-order valence-electron chi connectivity index (χ1n) is 7.58. The maximum Gasteiger partial charge on any atom is 0.427 e. The van der Waals surface area contributed by atoms with Gasteiger partial charge in [0.1, 0.15) is 5.75 Å². The molecule has 0 fully saturated rings. The van der Waals surface area contributed by atoms with Crippen molar-refractivity contribution in [2.45, 2.75) is 31.5 Å². The third-order valence-electron chi connectivity index (χ3n) is 3.75. The number of allylic oxidation sites excluding steroid dienone is 2. The minimum Gasteiger partial charge on any atom is -0.508 e. The Bertz CT molecular complexity index is 746. The number of hydrogen-bond acceptors (Lipinski definition) is 5. The number of carbonyl (C=O) groups is 1. The summed E-state index contributed by atoms with van der Waals surface area (Å²) in [4.78, 5) is 29.5. The summed E-state index contributed by atoms with van der Waals surface area (Å²) < 4.78 is 11.1. The number of aryl methyl sites for hydroxylation is 1. The fourth-order valence-corrected chi connectivity index (χ4v) is 3.14. The zero-order valence-electron chi connectivity index (χ0n) is 13.3. The van der Waals surface area contributed by atoms with Gasteiger partial charge in [-0.05, 0) is 42.7 Å². The van der Waals surface area contributed by atoms with Crippen LogP contribution in [0, 0.1) is 0 Å². The molecule has 0 saturated carbocycles. The first-order chi connectivity index (χ1) is 11.6. The molecule has 0 aromatic heterocycles. The van der Waals surface area contributed by atoms with Gasteiger partial charge >= 0.3 is 7.75 Å². The van der Waals surface area contributed by atoms with Crippen molar-refractivity contribution in [3.63, 3.8) is 0 Å².